The molecule has 0 aromatic heterocycles. The molecule has 1 heterocycles. The van der Waals surface area contributed by atoms with Gasteiger partial charge in [0.2, 0.25) is 0 Å². The molecule has 0 unspecified atom stereocenters. The zero-order valence-electron chi connectivity index (χ0n) is 18.2. The normalized spacial score (nSPS) is 25.4. The van der Waals surface area contributed by atoms with Crippen LogP contribution >= 0.6 is 45.8 Å². The van der Waals surface area contributed by atoms with Gasteiger partial charge in [-0.15, -0.1) is 0 Å². The molecule has 9 heteroatoms. The molecular weight excluding hydrogens is 590 g/mol. The topological polar surface area (TPSA) is 68.2 Å². The highest BCUT2D eigenvalue weighted by Gasteiger charge is 2.56. The number of benzene rings is 2. The number of hydrazone groups is 1. The van der Waals surface area contributed by atoms with E-state index in [9.17, 15) is 9.59 Å². The number of methoxy groups -OCH3 is 1. The molecule has 0 radical (unpaired) electrons. The van der Waals surface area contributed by atoms with E-state index in [1.807, 2.05) is 12.1 Å². The first-order valence-electron chi connectivity index (χ1n) is 10.9. The van der Waals surface area contributed by atoms with Crippen LogP contribution in [0.1, 0.15) is 24.0 Å². The van der Waals surface area contributed by atoms with E-state index < -0.39 is 0 Å². The van der Waals surface area contributed by atoms with Crippen molar-refractivity contribution in [1.29, 1.82) is 0 Å². The second kappa shape index (κ2) is 9.51. The first-order chi connectivity index (χ1) is 16.4. The lowest BCUT2D eigenvalue weighted by Gasteiger charge is -2.37. The molecule has 34 heavy (non-hydrogen) atoms. The number of halogens is 3. The number of imide groups is 1. The van der Waals surface area contributed by atoms with E-state index in [0.29, 0.717) is 27.1 Å². The van der Waals surface area contributed by atoms with Crippen LogP contribution in [0, 0.1) is 27.2 Å². The number of rotatable bonds is 6. The zero-order valence-corrected chi connectivity index (χ0v) is 21.9. The quantitative estimate of drug-likeness (QED) is 0.182. The molecule has 4 atom stereocenters. The minimum absolute atomic E-state index is 0.137. The first-order valence-corrected chi connectivity index (χ1v) is 12.7. The maximum atomic E-state index is 13.0. The van der Waals surface area contributed by atoms with Crippen molar-refractivity contribution in [2.45, 2.75) is 19.4 Å². The summed E-state index contributed by atoms with van der Waals surface area (Å²) < 4.78 is 12.3. The number of hydrogen-bond donors (Lipinski definition) is 0. The summed E-state index contributed by atoms with van der Waals surface area (Å²) in [7, 11) is 1.55. The third kappa shape index (κ3) is 4.22. The first kappa shape index (κ1) is 23.6. The Kier molecular flexibility index (Phi) is 6.61. The monoisotopic (exact) mass is 610 g/mol. The number of hydrogen-bond acceptors (Lipinski definition) is 5. The Balaban J connectivity index is 1.34. The average Bonchev–Trinajstić information content (AvgIpc) is 3.10. The molecule has 2 fully saturated rings. The fraction of sp³-hybridized carbons (Fsp3) is 0.320. The molecule has 2 amide bonds. The van der Waals surface area contributed by atoms with Gasteiger partial charge in [0.25, 0.3) is 11.8 Å². The zero-order chi connectivity index (χ0) is 24.0. The lowest BCUT2D eigenvalue weighted by Crippen LogP contribution is -2.38. The van der Waals surface area contributed by atoms with Crippen LogP contribution in [0.15, 0.2) is 47.6 Å². The number of carbonyl (C=O) groups excluding carboxylic acids is 2. The summed E-state index contributed by atoms with van der Waals surface area (Å²) in [5, 5.41) is 6.42. The maximum Gasteiger partial charge on any atom is 0.254 e. The van der Waals surface area contributed by atoms with Crippen molar-refractivity contribution in [3.05, 3.63) is 67.2 Å². The van der Waals surface area contributed by atoms with Gasteiger partial charge in [-0.3, -0.25) is 9.59 Å². The van der Waals surface area contributed by atoms with Crippen LogP contribution in [-0.2, 0) is 16.2 Å². The van der Waals surface area contributed by atoms with Crippen LogP contribution in [-0.4, -0.2) is 30.1 Å². The lowest BCUT2D eigenvalue weighted by molar-refractivity contribution is -0.140. The van der Waals surface area contributed by atoms with E-state index in [-0.39, 0.29) is 42.1 Å². The minimum atomic E-state index is -0.279. The average molecular weight is 611 g/mol. The van der Waals surface area contributed by atoms with Gasteiger partial charge in [0, 0.05) is 15.6 Å². The van der Waals surface area contributed by atoms with Crippen LogP contribution in [0.3, 0.4) is 0 Å². The molecule has 4 aliphatic rings. The van der Waals surface area contributed by atoms with Crippen LogP contribution in [0.2, 0.25) is 10.0 Å². The SMILES string of the molecule is COc1cc(/C=N\N2C(=O)[C@@H]3[C@H](C2=O)[C@H]2C=C[C@H]3CC2)cc(I)c1OCc1ccc(Cl)cc1Cl. The van der Waals surface area contributed by atoms with Gasteiger partial charge in [-0.2, -0.15) is 10.1 Å². The van der Waals surface area contributed by atoms with E-state index in [0.717, 1.165) is 27.0 Å². The van der Waals surface area contributed by atoms with Crippen LogP contribution in [0.25, 0.3) is 0 Å². The molecule has 3 aliphatic carbocycles. The van der Waals surface area contributed by atoms with Crippen molar-refractivity contribution in [2.24, 2.45) is 28.8 Å². The summed E-state index contributed by atoms with van der Waals surface area (Å²) >= 11 is 14.4. The molecule has 2 aromatic carbocycles. The highest BCUT2D eigenvalue weighted by atomic mass is 127. The lowest BCUT2D eigenvalue weighted by atomic mass is 9.63. The van der Waals surface area contributed by atoms with E-state index in [2.05, 4.69) is 39.8 Å². The van der Waals surface area contributed by atoms with Gasteiger partial charge >= 0.3 is 0 Å². The van der Waals surface area contributed by atoms with Crippen molar-refractivity contribution in [2.75, 3.05) is 7.11 Å². The fourth-order valence-electron chi connectivity index (χ4n) is 5.04. The Hall–Kier alpha value is -2.10. The molecular formula is C25H21Cl2IN2O4. The number of fused-ring (bicyclic) bond motifs is 1. The second-order valence-corrected chi connectivity index (χ2v) is 10.6. The second-order valence-electron chi connectivity index (χ2n) is 8.63. The molecule has 6 rings (SSSR count). The Labute approximate surface area is 221 Å². The van der Waals surface area contributed by atoms with Gasteiger partial charge in [0.05, 0.1) is 28.7 Å². The van der Waals surface area contributed by atoms with Gasteiger partial charge in [0.15, 0.2) is 11.5 Å². The summed E-state index contributed by atoms with van der Waals surface area (Å²) in [5.74, 6) is 0.383. The smallest absolute Gasteiger partial charge is 0.254 e. The molecule has 1 aliphatic heterocycles. The molecule has 1 saturated heterocycles. The van der Waals surface area contributed by atoms with Gasteiger partial charge in [0.1, 0.15) is 6.61 Å². The van der Waals surface area contributed by atoms with Gasteiger partial charge in [-0.05, 0) is 77.1 Å². The number of ether oxygens (including phenoxy) is 2. The Morgan fingerprint density at radius 1 is 1.09 bits per heavy atom. The summed E-state index contributed by atoms with van der Waals surface area (Å²) in [6.45, 7) is 0.242. The molecule has 0 N–H and O–H groups in total. The number of amides is 2. The van der Waals surface area contributed by atoms with Gasteiger partial charge < -0.3 is 9.47 Å². The molecule has 1 saturated carbocycles. The largest absolute Gasteiger partial charge is 0.493 e. The van der Waals surface area contributed by atoms with Crippen LogP contribution in [0.5, 0.6) is 11.5 Å². The maximum absolute atomic E-state index is 13.0. The van der Waals surface area contributed by atoms with E-state index in [1.165, 1.54) is 6.21 Å². The van der Waals surface area contributed by atoms with Crippen molar-refractivity contribution in [1.82, 2.24) is 5.01 Å². The number of allylic oxidation sites excluding steroid dienone is 2. The van der Waals surface area contributed by atoms with Crippen molar-refractivity contribution in [3.63, 3.8) is 0 Å². The molecule has 176 valence electrons. The predicted molar refractivity (Wildman–Crippen MR) is 138 cm³/mol. The molecule has 2 aromatic rings. The predicted octanol–water partition coefficient (Wildman–Crippen LogP) is 5.72. The van der Waals surface area contributed by atoms with Crippen molar-refractivity contribution < 1.29 is 19.1 Å². The van der Waals surface area contributed by atoms with E-state index in [1.54, 1.807) is 25.3 Å². The molecule has 6 nitrogen and oxygen atoms in total. The number of nitrogens with zero attached hydrogens (tertiary/aromatic N) is 2. The summed E-state index contributed by atoms with van der Waals surface area (Å²) in [6, 6.07) is 8.85. The third-order valence-corrected chi connectivity index (χ3v) is 8.09. The fourth-order valence-corrected chi connectivity index (χ4v) is 6.28. The number of carbonyl (C=O) groups is 2. The third-order valence-electron chi connectivity index (χ3n) is 6.70. The Morgan fingerprint density at radius 2 is 1.76 bits per heavy atom. The van der Waals surface area contributed by atoms with Crippen molar-refractivity contribution >= 4 is 63.8 Å². The molecule has 0 spiro atoms. The highest BCUT2D eigenvalue weighted by molar-refractivity contribution is 14.1. The van der Waals surface area contributed by atoms with Gasteiger partial charge in [-0.25, -0.2) is 0 Å². The molecule has 2 bridgehead atoms. The van der Waals surface area contributed by atoms with Gasteiger partial charge in [-0.1, -0.05) is 41.4 Å². The Morgan fingerprint density at radius 3 is 2.35 bits per heavy atom. The van der Waals surface area contributed by atoms with E-state index in [4.69, 9.17) is 32.7 Å². The van der Waals surface area contributed by atoms with E-state index >= 15 is 0 Å². The van der Waals surface area contributed by atoms with Crippen LogP contribution in [0.4, 0.5) is 0 Å². The Bertz CT molecular complexity index is 1200. The highest BCUT2D eigenvalue weighted by Crippen LogP contribution is 2.49. The summed E-state index contributed by atoms with van der Waals surface area (Å²) in [6.07, 6.45) is 7.62. The standard InChI is InChI=1S/C25H21Cl2IN2O4/c1-33-20-9-13(8-19(28)23(20)34-12-16-6-7-17(26)10-18(16)27)11-29-30-24(31)21-14-2-3-15(5-4-14)22(21)25(30)32/h2-3,6-11,14-15,21-22H,4-5,12H2,1H3/b29-11-/t14-,15-,21-,22+/m0/s1. The van der Waals surface area contributed by atoms with Crippen molar-refractivity contribution in [3.8, 4) is 11.5 Å². The summed E-state index contributed by atoms with van der Waals surface area (Å²) in [4.78, 5) is 25.9. The minimum Gasteiger partial charge on any atom is -0.493 e. The summed E-state index contributed by atoms with van der Waals surface area (Å²) in [5.41, 5.74) is 1.49. The van der Waals surface area contributed by atoms with Crippen LogP contribution < -0.4 is 9.47 Å².